The van der Waals surface area contributed by atoms with Gasteiger partial charge in [-0.2, -0.15) is 0 Å². The second-order valence-electron chi connectivity index (χ2n) is 8.09. The lowest BCUT2D eigenvalue weighted by molar-refractivity contribution is -0.141. The molecule has 8 nitrogen and oxygen atoms in total. The number of para-hydroxylation sites is 2. The van der Waals surface area contributed by atoms with Crippen molar-refractivity contribution in [3.8, 4) is 5.75 Å². The van der Waals surface area contributed by atoms with Crippen LogP contribution in [0.3, 0.4) is 0 Å². The lowest BCUT2D eigenvalue weighted by Crippen LogP contribution is -2.53. The smallest absolute Gasteiger partial charge is 0.409 e. The number of ether oxygens (including phenoxy) is 2. The number of likely N-dealkylation sites (tertiary alicyclic amines) is 2. The van der Waals surface area contributed by atoms with Crippen molar-refractivity contribution in [1.82, 2.24) is 9.80 Å². The number of carbonyl (C=O) groups is 3. The number of hydrogen-bond acceptors (Lipinski definition) is 5. The van der Waals surface area contributed by atoms with Crippen LogP contribution in [0.2, 0.25) is 0 Å². The number of piperidine rings is 2. The minimum atomic E-state index is -0.585. The Balaban J connectivity index is 1.40. The zero-order valence-corrected chi connectivity index (χ0v) is 16.7. The van der Waals surface area contributed by atoms with Crippen LogP contribution in [0.4, 0.5) is 10.5 Å². The number of amides is 3. The molecule has 3 heterocycles. The Labute approximate surface area is 170 Å². The summed E-state index contributed by atoms with van der Waals surface area (Å²) >= 11 is 0. The average molecular weight is 401 g/mol. The molecule has 0 aromatic heterocycles. The quantitative estimate of drug-likeness (QED) is 0.780. The summed E-state index contributed by atoms with van der Waals surface area (Å²) in [6.07, 6.45) is 2.69. The van der Waals surface area contributed by atoms with Crippen molar-refractivity contribution in [1.29, 1.82) is 0 Å². The van der Waals surface area contributed by atoms with Gasteiger partial charge in [-0.3, -0.25) is 9.59 Å². The molecule has 156 valence electrons. The van der Waals surface area contributed by atoms with Crippen molar-refractivity contribution in [2.24, 2.45) is 5.92 Å². The Morgan fingerprint density at radius 2 is 1.93 bits per heavy atom. The Morgan fingerprint density at radius 1 is 1.17 bits per heavy atom. The first-order chi connectivity index (χ1) is 14.0. The third-order valence-electron chi connectivity index (χ3n) is 6.16. The molecular weight excluding hydrogens is 374 g/mol. The average Bonchev–Trinajstić information content (AvgIpc) is 2.88. The maximum Gasteiger partial charge on any atom is 0.409 e. The predicted molar refractivity (Wildman–Crippen MR) is 106 cm³/mol. The van der Waals surface area contributed by atoms with Crippen LogP contribution in [0.5, 0.6) is 5.75 Å². The number of benzene rings is 1. The first-order valence-corrected chi connectivity index (χ1v) is 10.2. The summed E-state index contributed by atoms with van der Waals surface area (Å²) in [6.45, 7) is 2.12. The van der Waals surface area contributed by atoms with E-state index in [4.69, 9.17) is 9.47 Å². The molecule has 0 bridgehead atoms. The highest BCUT2D eigenvalue weighted by Gasteiger charge is 2.43. The van der Waals surface area contributed by atoms with Crippen LogP contribution in [0, 0.1) is 5.92 Å². The fraction of sp³-hybridized carbons (Fsp3) is 0.571. The van der Waals surface area contributed by atoms with Gasteiger partial charge in [0.1, 0.15) is 11.4 Å². The third kappa shape index (κ3) is 4.02. The maximum atomic E-state index is 13.0. The van der Waals surface area contributed by atoms with Gasteiger partial charge in [0.15, 0.2) is 0 Å². The molecule has 1 N–H and O–H groups in total. The molecule has 3 aliphatic rings. The summed E-state index contributed by atoms with van der Waals surface area (Å²) in [6, 6.07) is 7.45. The Hall–Kier alpha value is -2.77. The molecule has 3 aliphatic heterocycles. The number of methoxy groups -OCH3 is 1. The Bertz CT molecular complexity index is 803. The largest absolute Gasteiger partial charge is 0.484 e. The molecular formula is C21H27N3O5. The van der Waals surface area contributed by atoms with Crippen LogP contribution < -0.4 is 10.1 Å². The normalized spacial score (nSPS) is 23.5. The minimum Gasteiger partial charge on any atom is -0.484 e. The van der Waals surface area contributed by atoms with Crippen molar-refractivity contribution in [2.45, 2.75) is 37.7 Å². The van der Waals surface area contributed by atoms with Crippen LogP contribution >= 0.6 is 0 Å². The predicted octanol–water partition coefficient (Wildman–Crippen LogP) is 2.25. The standard InChI is InChI=1S/C21H27N3O5/c1-28-20(27)24-10-4-5-15(14-24)19(26)23-11-8-21(9-12-23)13-18(25)22-16-6-2-3-7-17(16)29-21/h2-3,6-7,15H,4-5,8-14H2,1H3,(H,22,25). The highest BCUT2D eigenvalue weighted by atomic mass is 16.5. The van der Waals surface area contributed by atoms with Crippen molar-refractivity contribution >= 4 is 23.6 Å². The molecule has 29 heavy (non-hydrogen) atoms. The van der Waals surface area contributed by atoms with Crippen molar-refractivity contribution < 1.29 is 23.9 Å². The van der Waals surface area contributed by atoms with E-state index in [1.165, 1.54) is 7.11 Å². The van der Waals surface area contributed by atoms with Gasteiger partial charge in [0.25, 0.3) is 0 Å². The zero-order chi connectivity index (χ0) is 20.4. The number of nitrogens with zero attached hydrogens (tertiary/aromatic N) is 2. The zero-order valence-electron chi connectivity index (χ0n) is 16.7. The summed E-state index contributed by atoms with van der Waals surface area (Å²) < 4.78 is 11.1. The van der Waals surface area contributed by atoms with Gasteiger partial charge < -0.3 is 24.6 Å². The van der Waals surface area contributed by atoms with Crippen molar-refractivity contribution in [3.05, 3.63) is 24.3 Å². The van der Waals surface area contributed by atoms with E-state index in [1.54, 1.807) is 4.90 Å². The Kier molecular flexibility index (Phi) is 5.34. The van der Waals surface area contributed by atoms with E-state index in [0.29, 0.717) is 50.5 Å². The molecule has 4 rings (SSSR count). The lowest BCUT2D eigenvalue weighted by Gasteiger charge is -2.42. The number of hydrogen-bond donors (Lipinski definition) is 1. The van der Waals surface area contributed by atoms with Gasteiger partial charge in [0.2, 0.25) is 11.8 Å². The van der Waals surface area contributed by atoms with E-state index in [1.807, 2.05) is 29.2 Å². The molecule has 2 saturated heterocycles. The van der Waals surface area contributed by atoms with E-state index in [-0.39, 0.29) is 30.2 Å². The van der Waals surface area contributed by atoms with Gasteiger partial charge in [0.05, 0.1) is 25.1 Å². The molecule has 1 aromatic rings. The molecule has 0 saturated carbocycles. The highest BCUT2D eigenvalue weighted by molar-refractivity contribution is 5.93. The van der Waals surface area contributed by atoms with E-state index in [9.17, 15) is 14.4 Å². The second kappa shape index (κ2) is 7.93. The van der Waals surface area contributed by atoms with Crippen LogP contribution in [0.25, 0.3) is 0 Å². The molecule has 0 radical (unpaired) electrons. The second-order valence-corrected chi connectivity index (χ2v) is 8.09. The first kappa shape index (κ1) is 19.5. The van der Waals surface area contributed by atoms with Gasteiger partial charge in [-0.25, -0.2) is 4.79 Å². The van der Waals surface area contributed by atoms with Gasteiger partial charge in [-0.05, 0) is 25.0 Å². The molecule has 3 amide bonds. The van der Waals surface area contributed by atoms with Crippen LogP contribution in [0.15, 0.2) is 24.3 Å². The maximum absolute atomic E-state index is 13.0. The first-order valence-electron chi connectivity index (χ1n) is 10.2. The summed E-state index contributed by atoms with van der Waals surface area (Å²) in [5, 5.41) is 2.91. The summed E-state index contributed by atoms with van der Waals surface area (Å²) in [5.41, 5.74) is 0.107. The van der Waals surface area contributed by atoms with Crippen LogP contribution in [-0.2, 0) is 14.3 Å². The minimum absolute atomic E-state index is 0.0595. The molecule has 0 aliphatic carbocycles. The monoisotopic (exact) mass is 401 g/mol. The summed E-state index contributed by atoms with van der Waals surface area (Å²) in [5.74, 6) is 0.498. The molecule has 1 atom stereocenters. The highest BCUT2D eigenvalue weighted by Crippen LogP contribution is 2.38. The van der Waals surface area contributed by atoms with E-state index in [0.717, 1.165) is 12.8 Å². The third-order valence-corrected chi connectivity index (χ3v) is 6.16. The number of fused-ring (bicyclic) bond motifs is 1. The van der Waals surface area contributed by atoms with Crippen molar-refractivity contribution in [3.63, 3.8) is 0 Å². The van der Waals surface area contributed by atoms with E-state index >= 15 is 0 Å². The molecule has 8 heteroatoms. The molecule has 2 fully saturated rings. The van der Waals surface area contributed by atoms with Crippen LogP contribution in [0.1, 0.15) is 32.1 Å². The van der Waals surface area contributed by atoms with Gasteiger partial charge >= 0.3 is 6.09 Å². The SMILES string of the molecule is COC(=O)N1CCCC(C(=O)N2CCC3(CC2)CC(=O)Nc2ccccc2O3)C1. The van der Waals surface area contributed by atoms with Crippen molar-refractivity contribution in [2.75, 3.05) is 38.6 Å². The Morgan fingerprint density at radius 3 is 2.69 bits per heavy atom. The van der Waals surface area contributed by atoms with Gasteiger partial charge in [-0.15, -0.1) is 0 Å². The molecule has 1 spiro atoms. The number of rotatable bonds is 1. The summed E-state index contributed by atoms with van der Waals surface area (Å²) in [7, 11) is 1.36. The van der Waals surface area contributed by atoms with E-state index < -0.39 is 5.60 Å². The lowest BCUT2D eigenvalue weighted by atomic mass is 9.86. The number of anilines is 1. The molecule has 1 aromatic carbocycles. The molecule has 1 unspecified atom stereocenters. The topological polar surface area (TPSA) is 88.2 Å². The van der Waals surface area contributed by atoms with E-state index in [2.05, 4.69) is 5.32 Å². The fourth-order valence-electron chi connectivity index (χ4n) is 4.56. The van der Waals surface area contributed by atoms with Gasteiger partial charge in [-0.1, -0.05) is 12.1 Å². The van der Waals surface area contributed by atoms with Gasteiger partial charge in [0, 0.05) is 39.0 Å². The summed E-state index contributed by atoms with van der Waals surface area (Å²) in [4.78, 5) is 40.7. The van der Waals surface area contributed by atoms with Crippen LogP contribution in [-0.4, -0.2) is 66.6 Å². The fourth-order valence-corrected chi connectivity index (χ4v) is 4.56. The number of nitrogens with one attached hydrogen (secondary N) is 1. The number of carbonyl (C=O) groups excluding carboxylic acids is 3.